The summed E-state index contributed by atoms with van der Waals surface area (Å²) < 4.78 is 0. The molecule has 0 saturated carbocycles. The summed E-state index contributed by atoms with van der Waals surface area (Å²) in [4.78, 5) is 13.0. The van der Waals surface area contributed by atoms with Gasteiger partial charge in [0.2, 0.25) is 11.7 Å². The van der Waals surface area contributed by atoms with E-state index in [1.165, 1.54) is 4.80 Å². The summed E-state index contributed by atoms with van der Waals surface area (Å²) in [6.07, 6.45) is 0.899. The maximum Gasteiger partial charge on any atom is 0.243 e. The third kappa shape index (κ3) is 3.13. The van der Waals surface area contributed by atoms with Crippen molar-refractivity contribution in [1.82, 2.24) is 25.5 Å². The first-order valence-electron chi connectivity index (χ1n) is 5.78. The van der Waals surface area contributed by atoms with Crippen LogP contribution in [-0.2, 0) is 11.3 Å². The minimum absolute atomic E-state index is 0.0985. The number of amides is 1. The highest BCUT2D eigenvalue weighted by atomic mass is 32.1. The Bertz CT molecular complexity index is 507. The summed E-state index contributed by atoms with van der Waals surface area (Å²) in [6, 6.07) is 2.09. The predicted molar refractivity (Wildman–Crippen MR) is 69.0 cm³/mol. The van der Waals surface area contributed by atoms with Crippen molar-refractivity contribution in [1.29, 1.82) is 0 Å². The SMILES string of the molecule is CCC(C)NC(=O)Cn1nnc(-c2ccsc2)n1. The standard InChI is InChI=1S/C11H15N5OS/c1-3-8(2)12-10(17)6-16-14-11(13-15-16)9-4-5-18-7-9/h4-5,7-8H,3,6H2,1-2H3,(H,12,17). The van der Waals surface area contributed by atoms with Crippen molar-refractivity contribution in [3.63, 3.8) is 0 Å². The molecule has 1 unspecified atom stereocenters. The van der Waals surface area contributed by atoms with E-state index in [1.807, 2.05) is 30.7 Å². The van der Waals surface area contributed by atoms with Gasteiger partial charge in [-0.3, -0.25) is 4.79 Å². The molecule has 0 aliphatic heterocycles. The third-order valence-corrected chi connectivity index (χ3v) is 3.22. The fourth-order valence-corrected chi connectivity index (χ4v) is 2.00. The molecule has 0 saturated heterocycles. The number of nitrogens with zero attached hydrogens (tertiary/aromatic N) is 4. The van der Waals surface area contributed by atoms with Crippen molar-refractivity contribution in [2.24, 2.45) is 0 Å². The van der Waals surface area contributed by atoms with Gasteiger partial charge in [0.1, 0.15) is 6.54 Å². The Morgan fingerprint density at radius 2 is 2.44 bits per heavy atom. The minimum atomic E-state index is -0.0985. The Morgan fingerprint density at radius 1 is 1.61 bits per heavy atom. The zero-order valence-corrected chi connectivity index (χ0v) is 11.1. The molecular formula is C11H15N5OS. The summed E-state index contributed by atoms with van der Waals surface area (Å²) in [7, 11) is 0. The van der Waals surface area contributed by atoms with E-state index in [0.717, 1.165) is 12.0 Å². The van der Waals surface area contributed by atoms with Gasteiger partial charge < -0.3 is 5.32 Å². The number of aromatic nitrogens is 4. The van der Waals surface area contributed by atoms with Crippen LogP contribution in [0.5, 0.6) is 0 Å². The molecule has 0 bridgehead atoms. The van der Waals surface area contributed by atoms with Crippen LogP contribution in [0.3, 0.4) is 0 Å². The average molecular weight is 265 g/mol. The van der Waals surface area contributed by atoms with Gasteiger partial charge in [0.25, 0.3) is 0 Å². The Labute approximate surface area is 109 Å². The molecule has 2 aromatic heterocycles. The number of rotatable bonds is 5. The molecule has 1 amide bonds. The van der Waals surface area contributed by atoms with Crippen LogP contribution in [0.25, 0.3) is 11.4 Å². The highest BCUT2D eigenvalue weighted by molar-refractivity contribution is 7.08. The molecule has 0 spiro atoms. The van der Waals surface area contributed by atoms with Gasteiger partial charge in [-0.1, -0.05) is 6.92 Å². The lowest BCUT2D eigenvalue weighted by Crippen LogP contribution is -2.35. The van der Waals surface area contributed by atoms with Crippen molar-refractivity contribution in [3.8, 4) is 11.4 Å². The van der Waals surface area contributed by atoms with Gasteiger partial charge in [-0.05, 0) is 30.0 Å². The Hall–Kier alpha value is -1.76. The third-order valence-electron chi connectivity index (χ3n) is 2.54. The van der Waals surface area contributed by atoms with E-state index in [2.05, 4.69) is 20.7 Å². The average Bonchev–Trinajstić information content (AvgIpc) is 2.98. The minimum Gasteiger partial charge on any atom is -0.352 e. The summed E-state index contributed by atoms with van der Waals surface area (Å²) in [5, 5.41) is 18.7. The van der Waals surface area contributed by atoms with Gasteiger partial charge in [0.05, 0.1) is 0 Å². The zero-order chi connectivity index (χ0) is 13.0. The van der Waals surface area contributed by atoms with Crippen LogP contribution in [0.4, 0.5) is 0 Å². The lowest BCUT2D eigenvalue weighted by Gasteiger charge is -2.10. The molecule has 0 radical (unpaired) electrons. The molecule has 2 aromatic rings. The summed E-state index contributed by atoms with van der Waals surface area (Å²) in [5.74, 6) is 0.450. The van der Waals surface area contributed by atoms with E-state index in [1.54, 1.807) is 11.3 Å². The smallest absolute Gasteiger partial charge is 0.243 e. The predicted octanol–water partition coefficient (Wildman–Crippen LogP) is 1.32. The van der Waals surface area contributed by atoms with Crippen molar-refractivity contribution < 1.29 is 4.79 Å². The quantitative estimate of drug-likeness (QED) is 0.885. The Balaban J connectivity index is 1.97. The summed E-state index contributed by atoms with van der Waals surface area (Å²) in [6.45, 7) is 4.08. The number of thiophene rings is 1. The van der Waals surface area contributed by atoms with E-state index in [-0.39, 0.29) is 18.5 Å². The fraction of sp³-hybridized carbons (Fsp3) is 0.455. The second-order valence-electron chi connectivity index (χ2n) is 4.03. The molecule has 0 aliphatic carbocycles. The van der Waals surface area contributed by atoms with E-state index in [9.17, 15) is 4.79 Å². The number of nitrogens with one attached hydrogen (secondary N) is 1. The van der Waals surface area contributed by atoms with Gasteiger partial charge in [0, 0.05) is 17.0 Å². The normalized spacial score (nSPS) is 12.3. The van der Waals surface area contributed by atoms with Gasteiger partial charge in [-0.15, -0.1) is 10.2 Å². The molecule has 0 fully saturated rings. The molecular weight excluding hydrogens is 250 g/mol. The maximum atomic E-state index is 11.6. The second kappa shape index (κ2) is 5.72. The first-order valence-corrected chi connectivity index (χ1v) is 6.73. The van der Waals surface area contributed by atoms with Crippen LogP contribution < -0.4 is 5.32 Å². The van der Waals surface area contributed by atoms with Crippen LogP contribution in [0, 0.1) is 0 Å². The van der Waals surface area contributed by atoms with Gasteiger partial charge in [-0.25, -0.2) is 0 Å². The van der Waals surface area contributed by atoms with Crippen molar-refractivity contribution in [3.05, 3.63) is 16.8 Å². The molecule has 6 nitrogen and oxygen atoms in total. The molecule has 96 valence electrons. The molecule has 0 aliphatic rings. The lowest BCUT2D eigenvalue weighted by molar-refractivity contribution is -0.122. The number of hydrogen-bond acceptors (Lipinski definition) is 5. The molecule has 2 rings (SSSR count). The van der Waals surface area contributed by atoms with E-state index in [0.29, 0.717) is 5.82 Å². The van der Waals surface area contributed by atoms with E-state index >= 15 is 0 Å². The number of carbonyl (C=O) groups is 1. The molecule has 18 heavy (non-hydrogen) atoms. The molecule has 7 heteroatoms. The first kappa shape index (κ1) is 12.7. The Morgan fingerprint density at radius 3 is 3.11 bits per heavy atom. The van der Waals surface area contributed by atoms with Gasteiger partial charge in [0.15, 0.2) is 0 Å². The zero-order valence-electron chi connectivity index (χ0n) is 10.3. The maximum absolute atomic E-state index is 11.6. The van der Waals surface area contributed by atoms with Crippen molar-refractivity contribution in [2.45, 2.75) is 32.9 Å². The highest BCUT2D eigenvalue weighted by Gasteiger charge is 2.10. The monoisotopic (exact) mass is 265 g/mol. The molecule has 2 heterocycles. The van der Waals surface area contributed by atoms with Gasteiger partial charge >= 0.3 is 0 Å². The second-order valence-corrected chi connectivity index (χ2v) is 4.81. The highest BCUT2D eigenvalue weighted by Crippen LogP contribution is 2.16. The number of tetrazole rings is 1. The Kier molecular flexibility index (Phi) is 4.03. The van der Waals surface area contributed by atoms with Crippen LogP contribution in [-0.4, -0.2) is 32.2 Å². The number of carbonyl (C=O) groups excluding carboxylic acids is 1. The summed E-state index contributed by atoms with van der Waals surface area (Å²) in [5.41, 5.74) is 0.925. The van der Waals surface area contributed by atoms with Crippen LogP contribution >= 0.6 is 11.3 Å². The fourth-order valence-electron chi connectivity index (χ4n) is 1.37. The van der Waals surface area contributed by atoms with Crippen LogP contribution in [0.1, 0.15) is 20.3 Å². The van der Waals surface area contributed by atoms with E-state index < -0.39 is 0 Å². The van der Waals surface area contributed by atoms with Gasteiger partial charge in [-0.2, -0.15) is 16.1 Å². The molecule has 1 atom stereocenters. The first-order chi connectivity index (χ1) is 8.69. The topological polar surface area (TPSA) is 72.7 Å². The van der Waals surface area contributed by atoms with E-state index in [4.69, 9.17) is 0 Å². The number of hydrogen-bond donors (Lipinski definition) is 1. The van der Waals surface area contributed by atoms with Crippen molar-refractivity contribution >= 4 is 17.2 Å². The lowest BCUT2D eigenvalue weighted by atomic mass is 10.2. The largest absolute Gasteiger partial charge is 0.352 e. The van der Waals surface area contributed by atoms with Crippen LogP contribution in [0.2, 0.25) is 0 Å². The molecule has 0 aromatic carbocycles. The summed E-state index contributed by atoms with van der Waals surface area (Å²) >= 11 is 1.57. The van der Waals surface area contributed by atoms with Crippen LogP contribution in [0.15, 0.2) is 16.8 Å². The molecule has 1 N–H and O–H groups in total. The van der Waals surface area contributed by atoms with Crippen molar-refractivity contribution in [2.75, 3.05) is 0 Å².